The van der Waals surface area contributed by atoms with Crippen LogP contribution in [0, 0.1) is 11.6 Å². The summed E-state index contributed by atoms with van der Waals surface area (Å²) in [5, 5.41) is 13.4. The number of nitrogens with one attached hydrogen (secondary N) is 1. The number of halogens is 2. The molecule has 230 valence electrons. The zero-order valence-corrected chi connectivity index (χ0v) is 24.1. The molecule has 1 heterocycles. The molecule has 1 aliphatic heterocycles. The second-order valence-corrected chi connectivity index (χ2v) is 11.0. The van der Waals surface area contributed by atoms with E-state index in [2.05, 4.69) is 10.2 Å². The summed E-state index contributed by atoms with van der Waals surface area (Å²) in [6, 6.07) is 17.4. The summed E-state index contributed by atoms with van der Waals surface area (Å²) in [6.45, 7) is 3.18. The number of hydroxylamine groups is 2. The van der Waals surface area contributed by atoms with Crippen molar-refractivity contribution < 1.29 is 28.3 Å². The first-order valence-corrected chi connectivity index (χ1v) is 14.4. The topological polar surface area (TPSA) is 134 Å². The van der Waals surface area contributed by atoms with Crippen molar-refractivity contribution in [2.75, 3.05) is 39.3 Å². The molecule has 0 aromatic heterocycles. The summed E-state index contributed by atoms with van der Waals surface area (Å²) < 4.78 is 33.4. The highest BCUT2D eigenvalue weighted by Gasteiger charge is 2.39. The Balaban J connectivity index is 1.45. The molecule has 3 aromatic rings. The predicted octanol–water partition coefficient (Wildman–Crippen LogP) is 3.66. The summed E-state index contributed by atoms with van der Waals surface area (Å²) in [7, 11) is 0. The molecular weight excluding hydrogens is 556 g/mol. The van der Waals surface area contributed by atoms with Gasteiger partial charge in [0.2, 0.25) is 0 Å². The fourth-order valence-corrected chi connectivity index (χ4v) is 5.63. The Labute approximate surface area is 250 Å². The highest BCUT2D eigenvalue weighted by atomic mass is 19.1. The van der Waals surface area contributed by atoms with Gasteiger partial charge in [0, 0.05) is 31.7 Å². The van der Waals surface area contributed by atoms with Crippen molar-refractivity contribution >= 4 is 11.9 Å². The first kappa shape index (κ1) is 31.9. The van der Waals surface area contributed by atoms with E-state index in [9.17, 15) is 23.6 Å². The van der Waals surface area contributed by atoms with Gasteiger partial charge in [0.25, 0.3) is 5.91 Å². The minimum Gasteiger partial charge on any atom is -0.491 e. The number of primary amides is 2. The minimum absolute atomic E-state index is 0.120. The smallest absolute Gasteiger partial charge is 0.338 e. The Kier molecular flexibility index (Phi) is 11.0. The molecule has 0 bridgehead atoms. The van der Waals surface area contributed by atoms with E-state index in [1.165, 1.54) is 24.3 Å². The second kappa shape index (κ2) is 14.9. The van der Waals surface area contributed by atoms with Gasteiger partial charge in [0.05, 0.1) is 12.1 Å². The van der Waals surface area contributed by atoms with Crippen LogP contribution in [-0.4, -0.2) is 72.0 Å². The van der Waals surface area contributed by atoms with Crippen LogP contribution in [0.2, 0.25) is 0 Å². The van der Waals surface area contributed by atoms with E-state index in [-0.39, 0.29) is 29.3 Å². The van der Waals surface area contributed by atoms with Crippen molar-refractivity contribution in [1.29, 1.82) is 0 Å². The van der Waals surface area contributed by atoms with Gasteiger partial charge in [0.15, 0.2) is 0 Å². The monoisotopic (exact) mass is 595 g/mol. The molecule has 3 aromatic carbocycles. The molecule has 0 unspecified atom stereocenters. The van der Waals surface area contributed by atoms with Crippen LogP contribution in [0.25, 0.3) is 0 Å². The largest absolute Gasteiger partial charge is 0.491 e. The lowest BCUT2D eigenvalue weighted by molar-refractivity contribution is -0.0402. The normalized spacial score (nSPS) is 14.8. The van der Waals surface area contributed by atoms with E-state index < -0.39 is 11.9 Å². The molecule has 43 heavy (non-hydrogen) atoms. The van der Waals surface area contributed by atoms with Crippen molar-refractivity contribution in [3.63, 3.8) is 0 Å². The molecule has 1 fully saturated rings. The summed E-state index contributed by atoms with van der Waals surface area (Å²) in [5.74, 6) is -0.792. The third kappa shape index (κ3) is 8.96. The standard InChI is InChI=1S/C32H39F2N5O4/c33-26-9-4-24(5-10-26)20-32(21-25-6-11-27(34)12-7-25)22-37-14-16-38(32)17-18-43-29-13-8-23(19-28(29)30(35)40)3-1-2-15-39(42)31(36)41/h4-13,19,37,42H,1-3,14-18,20-22H2,(H2,35,40)(H2,36,41). The molecule has 11 heteroatoms. The number of hydrogen-bond acceptors (Lipinski definition) is 6. The minimum atomic E-state index is -0.901. The van der Waals surface area contributed by atoms with Crippen molar-refractivity contribution in [3.8, 4) is 5.75 Å². The number of nitrogens with zero attached hydrogens (tertiary/aromatic N) is 2. The van der Waals surface area contributed by atoms with Gasteiger partial charge in [-0.1, -0.05) is 30.3 Å². The Bertz CT molecular complexity index is 1320. The number of ether oxygens (including phenoxy) is 1. The fraction of sp³-hybridized carbons (Fsp3) is 0.375. The Morgan fingerprint density at radius 1 is 0.930 bits per heavy atom. The van der Waals surface area contributed by atoms with Crippen LogP contribution in [0.1, 0.15) is 39.9 Å². The third-order valence-corrected chi connectivity index (χ3v) is 7.84. The van der Waals surface area contributed by atoms with Gasteiger partial charge in [-0.2, -0.15) is 0 Å². The average Bonchev–Trinajstić information content (AvgIpc) is 2.99. The summed E-state index contributed by atoms with van der Waals surface area (Å²) in [4.78, 5) is 25.6. The van der Waals surface area contributed by atoms with Crippen molar-refractivity contribution in [2.45, 2.75) is 37.6 Å². The maximum absolute atomic E-state index is 13.7. The number of carbonyl (C=O) groups excluding carboxylic acids is 2. The Hall–Kier alpha value is -4.06. The molecule has 1 aliphatic rings. The zero-order valence-electron chi connectivity index (χ0n) is 24.1. The average molecular weight is 596 g/mol. The van der Waals surface area contributed by atoms with Gasteiger partial charge in [-0.15, -0.1) is 0 Å². The van der Waals surface area contributed by atoms with Crippen LogP contribution in [0.5, 0.6) is 5.75 Å². The second-order valence-electron chi connectivity index (χ2n) is 11.0. The molecule has 0 spiro atoms. The van der Waals surface area contributed by atoms with Crippen molar-refractivity contribution in [3.05, 3.63) is 101 Å². The molecular formula is C32H39F2N5O4. The van der Waals surface area contributed by atoms with Crippen LogP contribution in [0.3, 0.4) is 0 Å². The third-order valence-electron chi connectivity index (χ3n) is 7.84. The van der Waals surface area contributed by atoms with E-state index in [1.807, 2.05) is 6.07 Å². The fourth-order valence-electron chi connectivity index (χ4n) is 5.63. The van der Waals surface area contributed by atoms with Gasteiger partial charge in [-0.25, -0.2) is 18.6 Å². The van der Waals surface area contributed by atoms with Gasteiger partial charge >= 0.3 is 6.03 Å². The Morgan fingerprint density at radius 3 is 2.12 bits per heavy atom. The van der Waals surface area contributed by atoms with Crippen LogP contribution < -0.4 is 21.5 Å². The lowest BCUT2D eigenvalue weighted by atomic mass is 9.81. The number of piperazine rings is 1. The Morgan fingerprint density at radius 2 is 1.53 bits per heavy atom. The van der Waals surface area contributed by atoms with E-state index in [4.69, 9.17) is 16.2 Å². The van der Waals surface area contributed by atoms with Crippen LogP contribution in [0.4, 0.5) is 13.6 Å². The van der Waals surface area contributed by atoms with E-state index >= 15 is 0 Å². The van der Waals surface area contributed by atoms with Gasteiger partial charge < -0.3 is 21.5 Å². The molecule has 1 saturated heterocycles. The van der Waals surface area contributed by atoms with Crippen LogP contribution in [0.15, 0.2) is 66.7 Å². The zero-order chi connectivity index (χ0) is 30.8. The number of nitrogens with two attached hydrogens (primary N) is 2. The quantitative estimate of drug-likeness (QED) is 0.128. The van der Waals surface area contributed by atoms with E-state index in [0.29, 0.717) is 62.6 Å². The van der Waals surface area contributed by atoms with E-state index in [0.717, 1.165) is 29.8 Å². The first-order chi connectivity index (χ1) is 20.6. The number of carbonyl (C=O) groups is 2. The number of urea groups is 1. The predicted molar refractivity (Wildman–Crippen MR) is 159 cm³/mol. The van der Waals surface area contributed by atoms with Gasteiger partial charge in [-0.05, 0) is 85.2 Å². The van der Waals surface area contributed by atoms with Crippen LogP contribution in [-0.2, 0) is 19.3 Å². The highest BCUT2D eigenvalue weighted by Crippen LogP contribution is 2.29. The van der Waals surface area contributed by atoms with Crippen molar-refractivity contribution in [1.82, 2.24) is 15.3 Å². The number of benzene rings is 3. The SMILES string of the molecule is NC(=O)c1cc(CCCCN(O)C(N)=O)ccc1OCCN1CCNCC1(Cc1ccc(F)cc1)Cc1ccc(F)cc1. The number of amides is 3. The van der Waals surface area contributed by atoms with Crippen LogP contribution >= 0.6 is 0 Å². The molecule has 0 saturated carbocycles. The molecule has 0 aliphatic carbocycles. The maximum atomic E-state index is 13.7. The first-order valence-electron chi connectivity index (χ1n) is 14.4. The molecule has 4 rings (SSSR count). The summed E-state index contributed by atoms with van der Waals surface area (Å²) >= 11 is 0. The lowest BCUT2D eigenvalue weighted by Crippen LogP contribution is -2.64. The number of unbranched alkanes of at least 4 members (excludes halogenated alkanes) is 1. The molecule has 6 N–H and O–H groups in total. The molecule has 3 amide bonds. The van der Waals surface area contributed by atoms with Gasteiger partial charge in [-0.3, -0.25) is 14.9 Å². The number of rotatable bonds is 14. The highest BCUT2D eigenvalue weighted by molar-refractivity contribution is 5.95. The van der Waals surface area contributed by atoms with Gasteiger partial charge in [0.1, 0.15) is 24.0 Å². The lowest BCUT2D eigenvalue weighted by Gasteiger charge is -2.48. The summed E-state index contributed by atoms with van der Waals surface area (Å²) in [6.07, 6.45) is 3.10. The molecule has 9 nitrogen and oxygen atoms in total. The summed E-state index contributed by atoms with van der Waals surface area (Å²) in [5.41, 5.74) is 13.5. The maximum Gasteiger partial charge on any atom is 0.338 e. The number of aryl methyl sites for hydroxylation is 1. The van der Waals surface area contributed by atoms with E-state index in [1.54, 1.807) is 36.4 Å². The van der Waals surface area contributed by atoms with Crippen molar-refractivity contribution in [2.24, 2.45) is 11.5 Å². The molecule has 0 radical (unpaired) electrons. The molecule has 0 atom stereocenters. The number of hydrogen-bond donors (Lipinski definition) is 4.